The molecule has 2 heterocycles. The lowest BCUT2D eigenvalue weighted by Crippen LogP contribution is -2.51. The molecule has 0 bridgehead atoms. The number of halogens is 1. The van der Waals surface area contributed by atoms with Gasteiger partial charge in [0.25, 0.3) is 5.56 Å². The van der Waals surface area contributed by atoms with Gasteiger partial charge in [-0.2, -0.15) is 0 Å². The fraction of sp³-hybridized carbons (Fsp3) is 0.273. The Balaban J connectivity index is 2.36. The van der Waals surface area contributed by atoms with Crippen LogP contribution in [0.5, 0.6) is 0 Å². The van der Waals surface area contributed by atoms with Crippen LogP contribution in [-0.4, -0.2) is 22.6 Å². The van der Waals surface area contributed by atoms with E-state index in [1.165, 1.54) is 12.1 Å². The molecule has 0 atom stereocenters. The number of nitrogens with one attached hydrogen (secondary N) is 2. The number of nitrogens with zero attached hydrogens (tertiary/aromatic N) is 1. The van der Waals surface area contributed by atoms with Gasteiger partial charge in [0.15, 0.2) is 0 Å². The molecule has 1 fully saturated rings. The van der Waals surface area contributed by atoms with Crippen molar-refractivity contribution < 1.29 is 4.39 Å². The average molecular weight is 235 g/mol. The summed E-state index contributed by atoms with van der Waals surface area (Å²) < 4.78 is 14.2. The summed E-state index contributed by atoms with van der Waals surface area (Å²) in [6, 6.07) is 3.62. The van der Waals surface area contributed by atoms with E-state index in [2.05, 4.69) is 10.3 Å². The second kappa shape index (κ2) is 3.53. The monoisotopic (exact) mass is 235 g/mol. The Hall–Kier alpha value is -1.95. The highest BCUT2D eigenvalue weighted by molar-refractivity contribution is 5.77. The standard InChI is InChI=1S/C11H10FN3O2/c12-6-1-2-9-8(3-6)10(16)15(11(17)14-9)7-4-13-5-7/h1-3,7,13H,4-5H2,(H,14,17). The molecule has 0 saturated carbocycles. The molecule has 1 saturated heterocycles. The van der Waals surface area contributed by atoms with E-state index < -0.39 is 17.1 Å². The molecule has 1 aliphatic heterocycles. The minimum Gasteiger partial charge on any atom is -0.312 e. The van der Waals surface area contributed by atoms with Crippen molar-refractivity contribution in [1.29, 1.82) is 0 Å². The van der Waals surface area contributed by atoms with Crippen LogP contribution in [0.1, 0.15) is 6.04 Å². The Bertz CT molecular complexity index is 700. The third-order valence-corrected chi connectivity index (χ3v) is 3.02. The van der Waals surface area contributed by atoms with Crippen molar-refractivity contribution in [3.8, 4) is 0 Å². The van der Waals surface area contributed by atoms with Gasteiger partial charge in [-0.1, -0.05) is 0 Å². The van der Waals surface area contributed by atoms with Gasteiger partial charge in [0.1, 0.15) is 5.82 Å². The van der Waals surface area contributed by atoms with Crippen LogP contribution in [0.3, 0.4) is 0 Å². The summed E-state index contributed by atoms with van der Waals surface area (Å²) >= 11 is 0. The number of aromatic amines is 1. The van der Waals surface area contributed by atoms with Crippen molar-refractivity contribution in [1.82, 2.24) is 14.9 Å². The number of fused-ring (bicyclic) bond motifs is 1. The topological polar surface area (TPSA) is 66.9 Å². The zero-order valence-corrected chi connectivity index (χ0v) is 8.87. The average Bonchev–Trinajstić information content (AvgIpc) is 2.23. The Morgan fingerprint density at radius 1 is 1.29 bits per heavy atom. The maximum Gasteiger partial charge on any atom is 0.329 e. The largest absolute Gasteiger partial charge is 0.329 e. The van der Waals surface area contributed by atoms with Crippen molar-refractivity contribution in [3.63, 3.8) is 0 Å². The fourth-order valence-corrected chi connectivity index (χ4v) is 1.99. The van der Waals surface area contributed by atoms with Crippen LogP contribution >= 0.6 is 0 Å². The second-order valence-electron chi connectivity index (χ2n) is 4.11. The molecule has 0 spiro atoms. The lowest BCUT2D eigenvalue weighted by atomic mass is 10.1. The summed E-state index contributed by atoms with van der Waals surface area (Å²) in [5, 5.41) is 3.19. The molecule has 5 nitrogen and oxygen atoms in total. The van der Waals surface area contributed by atoms with Crippen molar-refractivity contribution >= 4 is 10.9 Å². The van der Waals surface area contributed by atoms with Crippen LogP contribution in [0.2, 0.25) is 0 Å². The highest BCUT2D eigenvalue weighted by Crippen LogP contribution is 2.10. The van der Waals surface area contributed by atoms with Crippen molar-refractivity contribution in [2.75, 3.05) is 13.1 Å². The minimum absolute atomic E-state index is 0.140. The molecule has 0 radical (unpaired) electrons. The Kier molecular flexibility index (Phi) is 2.12. The third-order valence-electron chi connectivity index (χ3n) is 3.02. The molecular formula is C11H10FN3O2. The summed E-state index contributed by atoms with van der Waals surface area (Å²) in [7, 11) is 0. The van der Waals surface area contributed by atoms with Crippen molar-refractivity contribution in [2.45, 2.75) is 6.04 Å². The van der Waals surface area contributed by atoms with E-state index in [-0.39, 0.29) is 11.4 Å². The van der Waals surface area contributed by atoms with E-state index in [0.29, 0.717) is 18.6 Å². The van der Waals surface area contributed by atoms with Gasteiger partial charge in [0.2, 0.25) is 0 Å². The number of rotatable bonds is 1. The van der Waals surface area contributed by atoms with Gasteiger partial charge in [-0.05, 0) is 18.2 Å². The molecule has 1 aliphatic rings. The Morgan fingerprint density at radius 2 is 2.06 bits per heavy atom. The maximum absolute atomic E-state index is 13.1. The molecule has 2 aromatic rings. The molecule has 0 aliphatic carbocycles. The normalized spacial score (nSPS) is 16.1. The van der Waals surface area contributed by atoms with Gasteiger partial charge in [-0.15, -0.1) is 0 Å². The highest BCUT2D eigenvalue weighted by Gasteiger charge is 2.23. The number of hydrogen-bond donors (Lipinski definition) is 2. The maximum atomic E-state index is 13.1. The first-order valence-corrected chi connectivity index (χ1v) is 5.31. The van der Waals surface area contributed by atoms with Crippen LogP contribution in [0.15, 0.2) is 27.8 Å². The molecule has 3 rings (SSSR count). The number of benzene rings is 1. The zero-order chi connectivity index (χ0) is 12.0. The van der Waals surface area contributed by atoms with Crippen LogP contribution in [0.25, 0.3) is 10.9 Å². The van der Waals surface area contributed by atoms with Crippen molar-refractivity contribution in [3.05, 3.63) is 44.9 Å². The summed E-state index contributed by atoms with van der Waals surface area (Å²) in [4.78, 5) is 26.4. The van der Waals surface area contributed by atoms with E-state index in [4.69, 9.17) is 0 Å². The Labute approximate surface area is 94.9 Å². The van der Waals surface area contributed by atoms with Gasteiger partial charge in [0, 0.05) is 13.1 Å². The predicted molar refractivity (Wildman–Crippen MR) is 60.7 cm³/mol. The van der Waals surface area contributed by atoms with Crippen LogP contribution < -0.4 is 16.6 Å². The first-order chi connectivity index (χ1) is 8.16. The van der Waals surface area contributed by atoms with E-state index in [1.54, 1.807) is 0 Å². The van der Waals surface area contributed by atoms with E-state index in [0.717, 1.165) is 10.6 Å². The van der Waals surface area contributed by atoms with Gasteiger partial charge in [0.05, 0.1) is 16.9 Å². The summed E-state index contributed by atoms with van der Waals surface area (Å²) in [6.45, 7) is 1.17. The van der Waals surface area contributed by atoms with E-state index >= 15 is 0 Å². The molecule has 2 N–H and O–H groups in total. The van der Waals surface area contributed by atoms with Gasteiger partial charge in [-0.25, -0.2) is 9.18 Å². The summed E-state index contributed by atoms with van der Waals surface area (Å²) in [6.07, 6.45) is 0. The SMILES string of the molecule is O=c1[nH]c2ccc(F)cc2c(=O)n1C1CNC1. The zero-order valence-electron chi connectivity index (χ0n) is 8.87. The number of hydrogen-bond acceptors (Lipinski definition) is 3. The Morgan fingerprint density at radius 3 is 2.71 bits per heavy atom. The van der Waals surface area contributed by atoms with Crippen molar-refractivity contribution in [2.24, 2.45) is 0 Å². The van der Waals surface area contributed by atoms with Gasteiger partial charge >= 0.3 is 5.69 Å². The smallest absolute Gasteiger partial charge is 0.312 e. The summed E-state index contributed by atoms with van der Waals surface area (Å²) in [5.41, 5.74) is -0.514. The van der Waals surface area contributed by atoms with Crippen LogP contribution in [-0.2, 0) is 0 Å². The van der Waals surface area contributed by atoms with E-state index in [1.807, 2.05) is 0 Å². The molecule has 88 valence electrons. The van der Waals surface area contributed by atoms with E-state index in [9.17, 15) is 14.0 Å². The fourth-order valence-electron chi connectivity index (χ4n) is 1.99. The molecule has 1 aromatic carbocycles. The molecule has 0 amide bonds. The molecule has 1 aromatic heterocycles. The van der Waals surface area contributed by atoms with Crippen LogP contribution in [0, 0.1) is 5.82 Å². The van der Waals surface area contributed by atoms with Gasteiger partial charge < -0.3 is 10.3 Å². The molecule has 17 heavy (non-hydrogen) atoms. The molecule has 6 heteroatoms. The predicted octanol–water partition coefficient (Wildman–Crippen LogP) is -0.0268. The second-order valence-corrected chi connectivity index (χ2v) is 4.11. The first kappa shape index (κ1) is 10.2. The third kappa shape index (κ3) is 1.49. The number of aromatic nitrogens is 2. The molecule has 0 unspecified atom stereocenters. The number of H-pyrrole nitrogens is 1. The minimum atomic E-state index is -0.486. The quantitative estimate of drug-likeness (QED) is 0.729. The first-order valence-electron chi connectivity index (χ1n) is 5.31. The van der Waals surface area contributed by atoms with Crippen LogP contribution in [0.4, 0.5) is 4.39 Å². The van der Waals surface area contributed by atoms with Gasteiger partial charge in [-0.3, -0.25) is 9.36 Å². The molecular weight excluding hydrogens is 225 g/mol. The highest BCUT2D eigenvalue weighted by atomic mass is 19.1. The lowest BCUT2D eigenvalue weighted by molar-refractivity contribution is 0.327. The lowest BCUT2D eigenvalue weighted by Gasteiger charge is -2.28. The summed E-state index contributed by atoms with van der Waals surface area (Å²) in [5.74, 6) is -0.486.